The minimum atomic E-state index is 0.525. The molecule has 0 saturated carbocycles. The molecule has 1 aromatic rings. The molecule has 0 amide bonds. The highest BCUT2D eigenvalue weighted by Crippen LogP contribution is 2.15. The van der Waals surface area contributed by atoms with Crippen molar-refractivity contribution in [3.63, 3.8) is 0 Å². The van der Waals surface area contributed by atoms with Gasteiger partial charge in [0.2, 0.25) is 0 Å². The fourth-order valence-corrected chi connectivity index (χ4v) is 3.81. The highest BCUT2D eigenvalue weighted by molar-refractivity contribution is 5.27. The van der Waals surface area contributed by atoms with Gasteiger partial charge in [0.1, 0.15) is 12.4 Å². The molecule has 0 aliphatic carbocycles. The van der Waals surface area contributed by atoms with Crippen LogP contribution in [0.25, 0.3) is 0 Å². The predicted octanol–water partition coefficient (Wildman–Crippen LogP) is 4.06. The summed E-state index contributed by atoms with van der Waals surface area (Å²) in [4.78, 5) is 0. The van der Waals surface area contributed by atoms with Crippen LogP contribution in [0.5, 0.6) is 5.75 Å². The topological polar surface area (TPSA) is 109 Å². The Morgan fingerprint density at radius 2 is 0.786 bits per heavy atom. The Hall–Kier alpha value is -1.34. The molecule has 42 heavy (non-hydrogen) atoms. The summed E-state index contributed by atoms with van der Waals surface area (Å²) in [7, 11) is 0. The lowest BCUT2D eigenvalue weighted by molar-refractivity contribution is -0.0234. The summed E-state index contributed by atoms with van der Waals surface area (Å²) in [5.41, 5.74) is 6.71. The van der Waals surface area contributed by atoms with Crippen molar-refractivity contribution in [2.24, 2.45) is 5.73 Å². The molecule has 0 saturated heterocycles. The molecule has 0 radical (unpaired) electrons. The Labute approximate surface area is 254 Å². The SMILES string of the molecule is CCCCCCCCc1ccc(OCCOCCOCCOCCOCCOCCOCCOCCOCCN)cc1. The third-order valence-corrected chi connectivity index (χ3v) is 6.11. The number of ether oxygens (including phenoxy) is 9. The fraction of sp³-hybridized carbons (Fsp3) is 0.812. The van der Waals surface area contributed by atoms with Gasteiger partial charge in [-0.1, -0.05) is 51.2 Å². The molecule has 246 valence electrons. The van der Waals surface area contributed by atoms with Crippen molar-refractivity contribution in [3.05, 3.63) is 29.8 Å². The Morgan fingerprint density at radius 1 is 0.429 bits per heavy atom. The van der Waals surface area contributed by atoms with Crippen molar-refractivity contribution in [2.45, 2.75) is 51.9 Å². The molecule has 0 atom stereocenters. The largest absolute Gasteiger partial charge is 0.491 e. The first kappa shape index (κ1) is 38.7. The van der Waals surface area contributed by atoms with E-state index < -0.39 is 0 Å². The van der Waals surface area contributed by atoms with E-state index in [9.17, 15) is 0 Å². The molecule has 0 spiro atoms. The van der Waals surface area contributed by atoms with E-state index in [-0.39, 0.29) is 0 Å². The molecule has 0 aliphatic heterocycles. The number of hydrogen-bond donors (Lipinski definition) is 1. The van der Waals surface area contributed by atoms with E-state index in [0.29, 0.717) is 119 Å². The van der Waals surface area contributed by atoms with Gasteiger partial charge in [-0.05, 0) is 30.5 Å². The molecule has 0 heterocycles. The van der Waals surface area contributed by atoms with Crippen LogP contribution in [0, 0.1) is 0 Å². The fourth-order valence-electron chi connectivity index (χ4n) is 3.81. The molecule has 0 aliphatic rings. The lowest BCUT2D eigenvalue weighted by atomic mass is 10.0. The first-order valence-corrected chi connectivity index (χ1v) is 15.9. The van der Waals surface area contributed by atoms with Crippen molar-refractivity contribution in [3.8, 4) is 5.75 Å². The second kappa shape index (κ2) is 32.6. The minimum Gasteiger partial charge on any atom is -0.491 e. The van der Waals surface area contributed by atoms with Crippen LogP contribution in [0.4, 0.5) is 0 Å². The van der Waals surface area contributed by atoms with E-state index in [4.69, 9.17) is 48.4 Å². The Morgan fingerprint density at radius 3 is 1.19 bits per heavy atom. The molecule has 0 unspecified atom stereocenters. The van der Waals surface area contributed by atoms with E-state index >= 15 is 0 Å². The van der Waals surface area contributed by atoms with Gasteiger partial charge in [-0.2, -0.15) is 0 Å². The lowest BCUT2D eigenvalue weighted by Gasteiger charge is -2.09. The van der Waals surface area contributed by atoms with Crippen LogP contribution in [-0.2, 0) is 44.3 Å². The van der Waals surface area contributed by atoms with Gasteiger partial charge in [0.25, 0.3) is 0 Å². The minimum absolute atomic E-state index is 0.525. The van der Waals surface area contributed by atoms with Crippen LogP contribution in [0.15, 0.2) is 24.3 Å². The molecule has 10 nitrogen and oxygen atoms in total. The van der Waals surface area contributed by atoms with Crippen molar-refractivity contribution in [1.29, 1.82) is 0 Å². The highest BCUT2D eigenvalue weighted by Gasteiger charge is 1.99. The number of rotatable bonds is 34. The molecular weight excluding hydrogens is 542 g/mol. The molecular formula is C32H59NO9. The molecule has 0 fully saturated rings. The maximum Gasteiger partial charge on any atom is 0.119 e. The van der Waals surface area contributed by atoms with Gasteiger partial charge in [0.05, 0.1) is 106 Å². The Balaban J connectivity index is 1.73. The van der Waals surface area contributed by atoms with Gasteiger partial charge in [0, 0.05) is 6.54 Å². The summed E-state index contributed by atoms with van der Waals surface area (Å²) < 4.78 is 49.3. The van der Waals surface area contributed by atoms with Crippen LogP contribution in [0.2, 0.25) is 0 Å². The predicted molar refractivity (Wildman–Crippen MR) is 165 cm³/mol. The summed E-state index contributed by atoms with van der Waals surface area (Å²) in [6.07, 6.45) is 9.11. The van der Waals surface area contributed by atoms with Crippen molar-refractivity contribution in [1.82, 2.24) is 0 Å². The van der Waals surface area contributed by atoms with Crippen molar-refractivity contribution < 1.29 is 42.6 Å². The van der Waals surface area contributed by atoms with E-state index in [1.165, 1.54) is 44.1 Å². The lowest BCUT2D eigenvalue weighted by Crippen LogP contribution is -2.15. The number of aryl methyl sites for hydroxylation is 1. The van der Waals surface area contributed by atoms with Crippen LogP contribution < -0.4 is 10.5 Å². The van der Waals surface area contributed by atoms with Gasteiger partial charge in [-0.15, -0.1) is 0 Å². The second-order valence-electron chi connectivity index (χ2n) is 9.70. The quantitative estimate of drug-likeness (QED) is 0.116. The molecule has 0 bridgehead atoms. The third-order valence-electron chi connectivity index (χ3n) is 6.11. The average molecular weight is 602 g/mol. The van der Waals surface area contributed by atoms with E-state index in [1.54, 1.807) is 0 Å². The van der Waals surface area contributed by atoms with Gasteiger partial charge in [0.15, 0.2) is 0 Å². The smallest absolute Gasteiger partial charge is 0.119 e. The van der Waals surface area contributed by atoms with Gasteiger partial charge < -0.3 is 48.4 Å². The van der Waals surface area contributed by atoms with Crippen LogP contribution in [0.3, 0.4) is 0 Å². The number of unbranched alkanes of at least 4 members (excludes halogenated alkanes) is 5. The van der Waals surface area contributed by atoms with E-state index in [0.717, 1.165) is 12.2 Å². The Bertz CT molecular complexity index is 651. The maximum absolute atomic E-state index is 5.76. The summed E-state index contributed by atoms with van der Waals surface area (Å²) in [5.74, 6) is 0.888. The first-order chi connectivity index (χ1) is 20.9. The van der Waals surface area contributed by atoms with E-state index in [1.807, 2.05) is 0 Å². The standard InChI is InChI=1S/C32H59NO9/c1-2-3-4-5-6-7-8-31-9-11-32(12-10-31)42-30-29-41-28-27-40-26-25-39-24-23-38-22-21-37-20-19-36-18-17-35-16-15-34-14-13-33/h9-12H,2-8,13-30,33H2,1H3. The molecule has 2 N–H and O–H groups in total. The summed E-state index contributed by atoms with van der Waals surface area (Å²) in [6.45, 7) is 11.9. The zero-order valence-corrected chi connectivity index (χ0v) is 26.2. The Kier molecular flexibility index (Phi) is 30.0. The summed E-state index contributed by atoms with van der Waals surface area (Å²) >= 11 is 0. The summed E-state index contributed by atoms with van der Waals surface area (Å²) in [6, 6.07) is 8.44. The first-order valence-electron chi connectivity index (χ1n) is 15.9. The van der Waals surface area contributed by atoms with Crippen molar-refractivity contribution in [2.75, 3.05) is 119 Å². The van der Waals surface area contributed by atoms with Crippen LogP contribution in [-0.4, -0.2) is 119 Å². The molecule has 10 heteroatoms. The van der Waals surface area contributed by atoms with Gasteiger partial charge in [-0.3, -0.25) is 0 Å². The van der Waals surface area contributed by atoms with Crippen LogP contribution >= 0.6 is 0 Å². The normalized spacial score (nSPS) is 11.4. The zero-order valence-electron chi connectivity index (χ0n) is 26.2. The molecule has 1 rings (SSSR count). The highest BCUT2D eigenvalue weighted by atomic mass is 16.6. The maximum atomic E-state index is 5.76. The second-order valence-corrected chi connectivity index (χ2v) is 9.70. The van der Waals surface area contributed by atoms with Gasteiger partial charge in [-0.25, -0.2) is 0 Å². The number of nitrogens with two attached hydrogens (primary N) is 1. The molecule has 1 aromatic carbocycles. The summed E-state index contributed by atoms with van der Waals surface area (Å²) in [5, 5.41) is 0. The number of hydrogen-bond acceptors (Lipinski definition) is 10. The average Bonchev–Trinajstić information content (AvgIpc) is 3.01. The van der Waals surface area contributed by atoms with E-state index in [2.05, 4.69) is 31.2 Å². The number of benzene rings is 1. The molecule has 0 aromatic heterocycles. The monoisotopic (exact) mass is 601 g/mol. The van der Waals surface area contributed by atoms with Gasteiger partial charge >= 0.3 is 0 Å². The zero-order chi connectivity index (χ0) is 30.0. The van der Waals surface area contributed by atoms with Crippen molar-refractivity contribution >= 4 is 0 Å². The van der Waals surface area contributed by atoms with Crippen LogP contribution in [0.1, 0.15) is 51.0 Å². The third kappa shape index (κ3) is 27.5.